The van der Waals surface area contributed by atoms with Gasteiger partial charge in [-0.05, 0) is 25.1 Å². The van der Waals surface area contributed by atoms with Crippen LogP contribution < -0.4 is 9.88 Å². The fourth-order valence-corrected chi connectivity index (χ4v) is 2.29. The van der Waals surface area contributed by atoms with Crippen LogP contribution in [0.1, 0.15) is 11.5 Å². The minimum absolute atomic E-state index is 0.807. The molecule has 2 aromatic rings. The highest BCUT2D eigenvalue weighted by atomic mass is 16.3. The number of furan rings is 1. The van der Waals surface area contributed by atoms with Crippen molar-refractivity contribution in [1.82, 2.24) is 5.01 Å². The van der Waals surface area contributed by atoms with Crippen LogP contribution in [0.3, 0.4) is 0 Å². The molecule has 0 saturated carbocycles. The number of aryl methyl sites for hydroxylation is 1. The second-order valence-corrected chi connectivity index (χ2v) is 4.88. The average Bonchev–Trinajstić information content (AvgIpc) is 2.92. The number of aromatic nitrogens is 1. The quantitative estimate of drug-likeness (QED) is 0.796. The molecule has 0 aliphatic carbocycles. The molecule has 1 aliphatic rings. The van der Waals surface area contributed by atoms with Gasteiger partial charge in [-0.1, -0.05) is 6.07 Å². The molecule has 1 aliphatic heterocycles. The van der Waals surface area contributed by atoms with Gasteiger partial charge in [0.15, 0.2) is 0 Å². The molecular weight excluding hydrogens is 252 g/mol. The van der Waals surface area contributed by atoms with Gasteiger partial charge < -0.3 is 4.42 Å². The summed E-state index contributed by atoms with van der Waals surface area (Å²) in [4.78, 5) is 5.60. The number of aromatic amines is 1. The number of nitrogens with zero attached hydrogens (tertiary/aromatic N) is 3. The van der Waals surface area contributed by atoms with Gasteiger partial charge in [0.1, 0.15) is 24.6 Å². The van der Waals surface area contributed by atoms with Gasteiger partial charge >= 0.3 is 0 Å². The number of nitrogens with one attached hydrogen (secondary N) is 1. The highest BCUT2D eigenvalue weighted by molar-refractivity contribution is 5.75. The van der Waals surface area contributed by atoms with Crippen molar-refractivity contribution < 1.29 is 9.40 Å². The molecule has 5 heteroatoms. The summed E-state index contributed by atoms with van der Waals surface area (Å²) in [6, 6.07) is 10.0. The Morgan fingerprint density at radius 1 is 1.15 bits per heavy atom. The van der Waals surface area contributed by atoms with Crippen LogP contribution in [0.5, 0.6) is 0 Å². The largest absolute Gasteiger partial charge is 0.460 e. The molecule has 0 aromatic carbocycles. The molecule has 0 radical (unpaired) electrons. The SMILES string of the molecule is Cc1ccc(C=NN2CCN(c3cccc[nH+]3)CC2)o1. The van der Waals surface area contributed by atoms with Crippen LogP contribution in [0.4, 0.5) is 5.82 Å². The van der Waals surface area contributed by atoms with E-state index in [1.165, 1.54) is 0 Å². The Kier molecular flexibility index (Phi) is 3.67. The molecule has 3 heterocycles. The lowest BCUT2D eigenvalue weighted by atomic mass is 10.3. The van der Waals surface area contributed by atoms with Crippen molar-refractivity contribution >= 4 is 12.0 Å². The Morgan fingerprint density at radius 2 is 2.00 bits per heavy atom. The molecule has 0 bridgehead atoms. The van der Waals surface area contributed by atoms with Gasteiger partial charge in [0.2, 0.25) is 0 Å². The van der Waals surface area contributed by atoms with Gasteiger partial charge in [-0.3, -0.25) is 9.91 Å². The number of hydrogen-bond acceptors (Lipinski definition) is 4. The van der Waals surface area contributed by atoms with E-state index in [2.05, 4.69) is 32.1 Å². The summed E-state index contributed by atoms with van der Waals surface area (Å²) >= 11 is 0. The number of piperazine rings is 1. The first-order valence-electron chi connectivity index (χ1n) is 6.88. The van der Waals surface area contributed by atoms with E-state index in [0.717, 1.165) is 43.5 Å². The van der Waals surface area contributed by atoms with Crippen molar-refractivity contribution in [3.8, 4) is 0 Å². The van der Waals surface area contributed by atoms with Crippen molar-refractivity contribution in [1.29, 1.82) is 0 Å². The smallest absolute Gasteiger partial charge is 0.274 e. The van der Waals surface area contributed by atoms with E-state index in [1.807, 2.05) is 31.3 Å². The van der Waals surface area contributed by atoms with E-state index < -0.39 is 0 Å². The molecule has 0 unspecified atom stereocenters. The Morgan fingerprint density at radius 3 is 2.65 bits per heavy atom. The van der Waals surface area contributed by atoms with E-state index in [-0.39, 0.29) is 0 Å². The Labute approximate surface area is 118 Å². The van der Waals surface area contributed by atoms with Crippen molar-refractivity contribution in [3.63, 3.8) is 0 Å². The van der Waals surface area contributed by atoms with Gasteiger partial charge in [-0.15, -0.1) is 0 Å². The summed E-state index contributed by atoms with van der Waals surface area (Å²) in [6.07, 6.45) is 3.75. The van der Waals surface area contributed by atoms with Crippen LogP contribution >= 0.6 is 0 Å². The standard InChI is InChI=1S/C15H18N4O/c1-13-5-6-14(20-13)12-17-19-10-8-18(9-11-19)15-4-2-3-7-16-15/h2-7,12H,8-11H2,1H3/p+1. The molecular formula is C15H19N4O+. The molecule has 2 aromatic heterocycles. The predicted octanol–water partition coefficient (Wildman–Crippen LogP) is 1.56. The second kappa shape index (κ2) is 5.77. The molecule has 1 fully saturated rings. The topological polar surface area (TPSA) is 46.1 Å². The van der Waals surface area contributed by atoms with Crippen molar-refractivity contribution in [2.75, 3.05) is 31.1 Å². The number of pyridine rings is 1. The normalized spacial score (nSPS) is 16.1. The fourth-order valence-electron chi connectivity index (χ4n) is 2.29. The highest BCUT2D eigenvalue weighted by Gasteiger charge is 2.21. The van der Waals surface area contributed by atoms with Gasteiger partial charge in [0, 0.05) is 6.07 Å². The Bertz CT molecular complexity index is 571. The van der Waals surface area contributed by atoms with Gasteiger partial charge in [-0.25, -0.2) is 4.98 Å². The van der Waals surface area contributed by atoms with Crippen LogP contribution in [0.15, 0.2) is 46.0 Å². The fraction of sp³-hybridized carbons (Fsp3) is 0.333. The summed E-state index contributed by atoms with van der Waals surface area (Å²) in [5, 5.41) is 6.55. The summed E-state index contributed by atoms with van der Waals surface area (Å²) < 4.78 is 5.47. The molecule has 0 spiro atoms. The predicted molar refractivity (Wildman–Crippen MR) is 77.8 cm³/mol. The molecule has 3 rings (SSSR count). The third-order valence-corrected chi connectivity index (χ3v) is 3.40. The zero-order valence-corrected chi connectivity index (χ0v) is 11.6. The van der Waals surface area contributed by atoms with E-state index in [0.29, 0.717) is 0 Å². The third kappa shape index (κ3) is 2.99. The zero-order valence-electron chi connectivity index (χ0n) is 11.6. The lowest BCUT2D eigenvalue weighted by Crippen LogP contribution is -2.45. The monoisotopic (exact) mass is 271 g/mol. The Balaban J connectivity index is 1.55. The van der Waals surface area contributed by atoms with E-state index in [4.69, 9.17) is 4.42 Å². The van der Waals surface area contributed by atoms with E-state index >= 15 is 0 Å². The molecule has 1 saturated heterocycles. The van der Waals surface area contributed by atoms with Crippen LogP contribution in [-0.4, -0.2) is 37.4 Å². The molecule has 5 nitrogen and oxygen atoms in total. The molecule has 1 N–H and O–H groups in total. The summed E-state index contributed by atoms with van der Waals surface area (Å²) in [6.45, 7) is 5.70. The number of anilines is 1. The van der Waals surface area contributed by atoms with Crippen LogP contribution in [0, 0.1) is 6.92 Å². The Hall–Kier alpha value is -2.30. The summed E-state index contributed by atoms with van der Waals surface area (Å²) in [5.41, 5.74) is 0. The van der Waals surface area contributed by atoms with Crippen molar-refractivity contribution in [2.24, 2.45) is 5.10 Å². The molecule has 0 amide bonds. The minimum Gasteiger partial charge on any atom is -0.460 e. The van der Waals surface area contributed by atoms with Crippen LogP contribution in [-0.2, 0) is 0 Å². The van der Waals surface area contributed by atoms with Crippen LogP contribution in [0.2, 0.25) is 0 Å². The zero-order chi connectivity index (χ0) is 13.8. The molecule has 20 heavy (non-hydrogen) atoms. The first-order valence-corrected chi connectivity index (χ1v) is 6.88. The summed E-state index contributed by atoms with van der Waals surface area (Å²) in [7, 11) is 0. The maximum Gasteiger partial charge on any atom is 0.274 e. The first-order chi connectivity index (χ1) is 9.81. The first kappa shape index (κ1) is 12.7. The maximum atomic E-state index is 5.47. The number of hydrazone groups is 1. The maximum absolute atomic E-state index is 5.47. The van der Waals surface area contributed by atoms with Crippen molar-refractivity contribution in [2.45, 2.75) is 6.92 Å². The third-order valence-electron chi connectivity index (χ3n) is 3.40. The van der Waals surface area contributed by atoms with E-state index in [1.54, 1.807) is 6.21 Å². The van der Waals surface area contributed by atoms with Gasteiger partial charge in [-0.2, -0.15) is 5.10 Å². The number of hydrogen-bond donors (Lipinski definition) is 0. The van der Waals surface area contributed by atoms with Crippen molar-refractivity contribution in [3.05, 3.63) is 48.0 Å². The lowest BCUT2D eigenvalue weighted by molar-refractivity contribution is -0.364. The van der Waals surface area contributed by atoms with Crippen LogP contribution in [0.25, 0.3) is 0 Å². The second-order valence-electron chi connectivity index (χ2n) is 4.88. The number of rotatable bonds is 3. The molecule has 104 valence electrons. The number of H-pyrrole nitrogens is 1. The van der Waals surface area contributed by atoms with Gasteiger partial charge in [0.25, 0.3) is 5.82 Å². The summed E-state index contributed by atoms with van der Waals surface area (Å²) in [5.74, 6) is 2.88. The lowest BCUT2D eigenvalue weighted by Gasteiger charge is -2.28. The van der Waals surface area contributed by atoms with Gasteiger partial charge in [0.05, 0.1) is 25.5 Å². The highest BCUT2D eigenvalue weighted by Crippen LogP contribution is 2.10. The molecule has 0 atom stereocenters. The minimum atomic E-state index is 0.807. The average molecular weight is 271 g/mol. The van der Waals surface area contributed by atoms with E-state index in [9.17, 15) is 0 Å².